The van der Waals surface area contributed by atoms with Gasteiger partial charge in [0.2, 0.25) is 11.8 Å². The Labute approximate surface area is 200 Å². The molecule has 1 saturated heterocycles. The second-order valence-corrected chi connectivity index (χ2v) is 8.86. The van der Waals surface area contributed by atoms with Crippen molar-refractivity contribution in [3.8, 4) is 0 Å². The molecule has 10 heteroatoms. The second kappa shape index (κ2) is 8.64. The number of piperazine rings is 1. The molecule has 3 aliphatic heterocycles. The number of benzene rings is 2. The molecule has 0 radical (unpaired) electrons. The van der Waals surface area contributed by atoms with Crippen LogP contribution in [-0.4, -0.2) is 48.9 Å². The highest BCUT2D eigenvalue weighted by molar-refractivity contribution is 6.31. The fourth-order valence-electron chi connectivity index (χ4n) is 4.94. The average molecular weight is 484 g/mol. The molecule has 0 aliphatic carbocycles. The van der Waals surface area contributed by atoms with Crippen LogP contribution in [0.15, 0.2) is 53.9 Å². The van der Waals surface area contributed by atoms with Crippen molar-refractivity contribution in [2.45, 2.75) is 24.9 Å². The first kappa shape index (κ1) is 22.2. The molecule has 2 aromatic carbocycles. The molecule has 0 saturated carbocycles. The molecule has 3 N–H and O–H groups in total. The van der Waals surface area contributed by atoms with Crippen LogP contribution < -0.4 is 20.9 Å². The number of urea groups is 1. The lowest BCUT2D eigenvalue weighted by molar-refractivity contribution is -0.129. The topological polar surface area (TPSA) is 93.8 Å². The first-order valence-corrected chi connectivity index (χ1v) is 11.4. The number of carbonyl (C=O) groups excluding carboxylic acids is 3. The van der Waals surface area contributed by atoms with E-state index in [1.54, 1.807) is 9.80 Å². The molecule has 34 heavy (non-hydrogen) atoms. The van der Waals surface area contributed by atoms with E-state index in [9.17, 15) is 18.8 Å². The van der Waals surface area contributed by atoms with Gasteiger partial charge in [-0.3, -0.25) is 14.5 Å². The lowest BCUT2D eigenvalue weighted by Crippen LogP contribution is -2.53. The summed E-state index contributed by atoms with van der Waals surface area (Å²) >= 11 is 6.37. The average Bonchev–Trinajstić information content (AvgIpc) is 3.41. The van der Waals surface area contributed by atoms with E-state index in [-0.39, 0.29) is 35.8 Å². The van der Waals surface area contributed by atoms with Crippen molar-refractivity contribution in [1.82, 2.24) is 20.9 Å². The summed E-state index contributed by atoms with van der Waals surface area (Å²) in [4.78, 5) is 41.9. The summed E-state index contributed by atoms with van der Waals surface area (Å²) < 4.78 is 14.1. The van der Waals surface area contributed by atoms with Gasteiger partial charge in [0.15, 0.2) is 0 Å². The third-order valence-electron chi connectivity index (χ3n) is 6.49. The van der Waals surface area contributed by atoms with Crippen LogP contribution in [0.2, 0.25) is 5.02 Å². The molecule has 0 aromatic heterocycles. The zero-order valence-electron chi connectivity index (χ0n) is 18.4. The van der Waals surface area contributed by atoms with Crippen molar-refractivity contribution in [2.75, 3.05) is 25.0 Å². The van der Waals surface area contributed by atoms with Gasteiger partial charge in [-0.25, -0.2) is 9.18 Å². The molecular formula is C24H23ClFN5O3. The number of amides is 4. The summed E-state index contributed by atoms with van der Waals surface area (Å²) in [6.07, 6.45) is 0.939. The Morgan fingerprint density at radius 2 is 2.00 bits per heavy atom. The van der Waals surface area contributed by atoms with Crippen molar-refractivity contribution in [3.05, 3.63) is 75.8 Å². The maximum Gasteiger partial charge on any atom is 0.326 e. The summed E-state index contributed by atoms with van der Waals surface area (Å²) in [6, 6.07) is 9.77. The van der Waals surface area contributed by atoms with Crippen LogP contribution in [0.1, 0.15) is 23.6 Å². The Morgan fingerprint density at radius 1 is 1.21 bits per heavy atom. The van der Waals surface area contributed by atoms with Crippen LogP contribution in [0.5, 0.6) is 0 Å². The van der Waals surface area contributed by atoms with Crippen LogP contribution >= 0.6 is 11.6 Å². The van der Waals surface area contributed by atoms with E-state index in [0.29, 0.717) is 23.5 Å². The molecular weight excluding hydrogens is 461 g/mol. The highest BCUT2D eigenvalue weighted by Gasteiger charge is 2.45. The molecule has 1 fully saturated rings. The van der Waals surface area contributed by atoms with E-state index in [1.165, 1.54) is 25.2 Å². The van der Waals surface area contributed by atoms with Gasteiger partial charge < -0.3 is 20.9 Å². The summed E-state index contributed by atoms with van der Waals surface area (Å²) in [5.74, 6) is -1.12. The normalized spacial score (nSPS) is 21.2. The third-order valence-corrected chi connectivity index (χ3v) is 6.84. The highest BCUT2D eigenvalue weighted by atomic mass is 35.5. The van der Waals surface area contributed by atoms with Gasteiger partial charge in [0, 0.05) is 42.0 Å². The summed E-state index contributed by atoms with van der Waals surface area (Å²) in [5, 5.41) is 8.72. The van der Waals surface area contributed by atoms with Gasteiger partial charge in [-0.15, -0.1) is 0 Å². The van der Waals surface area contributed by atoms with Crippen molar-refractivity contribution in [3.63, 3.8) is 0 Å². The van der Waals surface area contributed by atoms with Crippen molar-refractivity contribution < 1.29 is 18.8 Å². The summed E-state index contributed by atoms with van der Waals surface area (Å²) in [6.45, 7) is 0.467. The zero-order chi connectivity index (χ0) is 24.0. The Kier molecular flexibility index (Phi) is 5.65. The standard InChI is InChI=1S/C24H23ClFN5O3/c1-27-23(33)19-11-17(28-24(34)30-9-8-13-4-2-3-5-18(13)30)22-21(29-20(32)12-31(19)22)15-10-14(26)6-7-16(15)25/h2-7,10,19,21H,8-9,11-12H2,1H3,(H,27,33)(H,28,34)(H,29,32)/t19?,21-/m1/s1. The molecule has 0 bridgehead atoms. The van der Waals surface area contributed by atoms with Gasteiger partial charge >= 0.3 is 6.03 Å². The highest BCUT2D eigenvalue weighted by Crippen LogP contribution is 2.40. The van der Waals surface area contributed by atoms with Gasteiger partial charge in [0.05, 0.1) is 18.3 Å². The van der Waals surface area contributed by atoms with E-state index < -0.39 is 17.9 Å². The number of anilines is 1. The Bertz CT molecular complexity index is 1230. The van der Waals surface area contributed by atoms with Gasteiger partial charge in [-0.05, 0) is 36.2 Å². The first-order chi connectivity index (χ1) is 16.4. The molecule has 8 nitrogen and oxygen atoms in total. The monoisotopic (exact) mass is 483 g/mol. The van der Waals surface area contributed by atoms with Crippen LogP contribution in [-0.2, 0) is 16.0 Å². The van der Waals surface area contributed by atoms with E-state index in [0.717, 1.165) is 17.7 Å². The number of hydrogen-bond donors (Lipinski definition) is 3. The van der Waals surface area contributed by atoms with Crippen molar-refractivity contribution >= 4 is 35.1 Å². The number of nitrogens with one attached hydrogen (secondary N) is 3. The maximum atomic E-state index is 14.1. The smallest absolute Gasteiger partial charge is 0.326 e. The number of halogens is 2. The molecule has 3 heterocycles. The Morgan fingerprint density at radius 3 is 2.79 bits per heavy atom. The predicted octanol–water partition coefficient (Wildman–Crippen LogP) is 2.45. The van der Waals surface area contributed by atoms with Gasteiger partial charge in [0.1, 0.15) is 11.9 Å². The first-order valence-electron chi connectivity index (χ1n) is 11.0. The van der Waals surface area contributed by atoms with E-state index in [1.807, 2.05) is 24.3 Å². The Balaban J connectivity index is 1.54. The molecule has 3 aliphatic rings. The van der Waals surface area contributed by atoms with E-state index in [2.05, 4.69) is 16.0 Å². The van der Waals surface area contributed by atoms with Gasteiger partial charge in [-0.1, -0.05) is 29.8 Å². The van der Waals surface area contributed by atoms with Gasteiger partial charge in [-0.2, -0.15) is 0 Å². The number of carbonyl (C=O) groups is 3. The van der Waals surface area contributed by atoms with Crippen molar-refractivity contribution in [2.24, 2.45) is 0 Å². The minimum absolute atomic E-state index is 0.0667. The van der Waals surface area contributed by atoms with E-state index >= 15 is 0 Å². The number of fused-ring (bicyclic) bond motifs is 2. The lowest BCUT2D eigenvalue weighted by atomic mass is 10.00. The molecule has 5 rings (SSSR count). The predicted molar refractivity (Wildman–Crippen MR) is 125 cm³/mol. The fraction of sp³-hybridized carbons (Fsp3) is 0.292. The lowest BCUT2D eigenvalue weighted by Gasteiger charge is -2.37. The summed E-state index contributed by atoms with van der Waals surface area (Å²) in [5.41, 5.74) is 3.30. The molecule has 0 spiro atoms. The SMILES string of the molecule is CNC(=O)C1CC(NC(=O)N2CCc3ccccc32)=C2[C@@H](c3cc(F)ccc3Cl)NC(=O)CN21. The number of likely N-dealkylation sites (N-methyl/N-ethyl adjacent to an activating group) is 1. The minimum atomic E-state index is -0.819. The van der Waals surface area contributed by atoms with Crippen LogP contribution in [0.4, 0.5) is 14.9 Å². The molecule has 2 aromatic rings. The van der Waals surface area contributed by atoms with Crippen LogP contribution in [0.25, 0.3) is 0 Å². The summed E-state index contributed by atoms with van der Waals surface area (Å²) in [7, 11) is 1.52. The molecule has 2 atom stereocenters. The fourth-order valence-corrected chi connectivity index (χ4v) is 5.16. The largest absolute Gasteiger partial charge is 0.357 e. The third kappa shape index (κ3) is 3.75. The maximum absolute atomic E-state index is 14.1. The second-order valence-electron chi connectivity index (χ2n) is 8.45. The van der Waals surface area contributed by atoms with Crippen molar-refractivity contribution in [1.29, 1.82) is 0 Å². The van der Waals surface area contributed by atoms with Crippen LogP contribution in [0.3, 0.4) is 0 Å². The number of nitrogens with zero attached hydrogens (tertiary/aromatic N) is 2. The quantitative estimate of drug-likeness (QED) is 0.625. The molecule has 1 unspecified atom stereocenters. The molecule has 4 amide bonds. The number of hydrogen-bond acceptors (Lipinski definition) is 4. The zero-order valence-corrected chi connectivity index (χ0v) is 19.2. The van der Waals surface area contributed by atoms with E-state index in [4.69, 9.17) is 11.6 Å². The molecule has 176 valence electrons. The Hall–Kier alpha value is -3.59. The number of rotatable bonds is 3. The van der Waals surface area contributed by atoms with Crippen LogP contribution in [0, 0.1) is 5.82 Å². The minimum Gasteiger partial charge on any atom is -0.357 e. The van der Waals surface area contributed by atoms with Gasteiger partial charge in [0.25, 0.3) is 0 Å². The number of para-hydroxylation sites is 1.